The summed E-state index contributed by atoms with van der Waals surface area (Å²) in [6, 6.07) is 3.57. The van der Waals surface area contributed by atoms with Crippen LogP contribution in [0.2, 0.25) is 0 Å². The van der Waals surface area contributed by atoms with Gasteiger partial charge in [-0.2, -0.15) is 4.98 Å². The Labute approximate surface area is 115 Å². The SMILES string of the molecule is O=C(O)C1(c2nc(-c3cccnc3)no2)CCNCC1. The van der Waals surface area contributed by atoms with Crippen molar-refractivity contribution in [2.75, 3.05) is 13.1 Å². The normalized spacial score (nSPS) is 17.8. The zero-order chi connectivity index (χ0) is 14.0. The van der Waals surface area contributed by atoms with Crippen molar-refractivity contribution in [2.24, 2.45) is 0 Å². The van der Waals surface area contributed by atoms with Crippen LogP contribution in [0.15, 0.2) is 29.0 Å². The molecule has 3 rings (SSSR count). The van der Waals surface area contributed by atoms with Gasteiger partial charge in [-0.1, -0.05) is 5.16 Å². The van der Waals surface area contributed by atoms with Crippen LogP contribution in [0.3, 0.4) is 0 Å². The summed E-state index contributed by atoms with van der Waals surface area (Å²) >= 11 is 0. The first-order valence-corrected chi connectivity index (χ1v) is 6.41. The van der Waals surface area contributed by atoms with E-state index >= 15 is 0 Å². The maximum Gasteiger partial charge on any atom is 0.319 e. The van der Waals surface area contributed by atoms with Gasteiger partial charge in [-0.05, 0) is 38.1 Å². The number of rotatable bonds is 3. The number of hydrogen-bond donors (Lipinski definition) is 2. The predicted octanol–water partition coefficient (Wildman–Crippen LogP) is 0.837. The molecule has 1 aliphatic heterocycles. The maximum atomic E-state index is 11.7. The number of carboxylic acids is 1. The van der Waals surface area contributed by atoms with Crippen LogP contribution in [0.1, 0.15) is 18.7 Å². The van der Waals surface area contributed by atoms with E-state index in [0.717, 1.165) is 0 Å². The zero-order valence-corrected chi connectivity index (χ0v) is 10.7. The second-order valence-electron chi connectivity index (χ2n) is 4.80. The number of nitrogens with one attached hydrogen (secondary N) is 1. The highest BCUT2D eigenvalue weighted by Crippen LogP contribution is 2.33. The van der Waals surface area contributed by atoms with Crippen LogP contribution in [-0.2, 0) is 10.2 Å². The molecule has 0 aliphatic carbocycles. The molecule has 2 N–H and O–H groups in total. The van der Waals surface area contributed by atoms with E-state index in [1.54, 1.807) is 24.5 Å². The third kappa shape index (κ3) is 2.05. The van der Waals surface area contributed by atoms with Crippen molar-refractivity contribution in [3.05, 3.63) is 30.4 Å². The molecule has 0 radical (unpaired) electrons. The van der Waals surface area contributed by atoms with E-state index in [2.05, 4.69) is 20.4 Å². The van der Waals surface area contributed by atoms with Gasteiger partial charge in [0.15, 0.2) is 0 Å². The van der Waals surface area contributed by atoms with Gasteiger partial charge in [0.05, 0.1) is 0 Å². The second kappa shape index (κ2) is 5.01. The van der Waals surface area contributed by atoms with Gasteiger partial charge in [0.2, 0.25) is 11.7 Å². The molecule has 3 heterocycles. The number of aliphatic carboxylic acids is 1. The van der Waals surface area contributed by atoms with Gasteiger partial charge in [-0.3, -0.25) is 9.78 Å². The quantitative estimate of drug-likeness (QED) is 0.855. The van der Waals surface area contributed by atoms with Crippen LogP contribution in [0.25, 0.3) is 11.4 Å². The van der Waals surface area contributed by atoms with Crippen molar-refractivity contribution in [1.29, 1.82) is 0 Å². The molecule has 0 atom stereocenters. The van der Waals surface area contributed by atoms with Crippen molar-refractivity contribution in [3.63, 3.8) is 0 Å². The van der Waals surface area contributed by atoms with E-state index in [4.69, 9.17) is 4.52 Å². The Kier molecular flexibility index (Phi) is 3.19. The molecule has 0 amide bonds. The lowest BCUT2D eigenvalue weighted by molar-refractivity contribution is -0.146. The van der Waals surface area contributed by atoms with Gasteiger partial charge in [0, 0.05) is 18.0 Å². The molecule has 7 heteroatoms. The van der Waals surface area contributed by atoms with Gasteiger partial charge in [-0.15, -0.1) is 0 Å². The van der Waals surface area contributed by atoms with Crippen molar-refractivity contribution in [2.45, 2.75) is 18.3 Å². The first-order chi connectivity index (χ1) is 9.72. The number of nitrogens with zero attached hydrogens (tertiary/aromatic N) is 3. The Bertz CT molecular complexity index is 605. The Morgan fingerprint density at radius 2 is 2.20 bits per heavy atom. The molecule has 2 aromatic heterocycles. The third-order valence-corrected chi connectivity index (χ3v) is 3.62. The highest BCUT2D eigenvalue weighted by atomic mass is 16.5. The third-order valence-electron chi connectivity index (χ3n) is 3.62. The summed E-state index contributed by atoms with van der Waals surface area (Å²) in [5.74, 6) is -0.377. The lowest BCUT2D eigenvalue weighted by atomic mass is 9.79. The van der Waals surface area contributed by atoms with E-state index in [9.17, 15) is 9.90 Å². The first-order valence-electron chi connectivity index (χ1n) is 6.41. The molecule has 104 valence electrons. The predicted molar refractivity (Wildman–Crippen MR) is 68.9 cm³/mol. The summed E-state index contributed by atoms with van der Waals surface area (Å²) in [6.45, 7) is 1.24. The fraction of sp³-hybridized carbons (Fsp3) is 0.385. The number of pyridine rings is 1. The van der Waals surface area contributed by atoms with Gasteiger partial charge >= 0.3 is 5.97 Å². The van der Waals surface area contributed by atoms with Crippen LogP contribution in [0.5, 0.6) is 0 Å². The van der Waals surface area contributed by atoms with Gasteiger partial charge in [-0.25, -0.2) is 0 Å². The Morgan fingerprint density at radius 3 is 2.85 bits per heavy atom. The average Bonchev–Trinajstić information content (AvgIpc) is 2.99. The van der Waals surface area contributed by atoms with Crippen LogP contribution in [0.4, 0.5) is 0 Å². The van der Waals surface area contributed by atoms with E-state index < -0.39 is 11.4 Å². The van der Waals surface area contributed by atoms with E-state index in [0.29, 0.717) is 37.3 Å². The lowest BCUT2D eigenvalue weighted by Crippen LogP contribution is -2.45. The summed E-state index contributed by atoms with van der Waals surface area (Å²) in [6.07, 6.45) is 4.15. The van der Waals surface area contributed by atoms with E-state index in [1.165, 1.54) is 0 Å². The zero-order valence-electron chi connectivity index (χ0n) is 10.7. The van der Waals surface area contributed by atoms with Crippen LogP contribution in [0, 0.1) is 0 Å². The lowest BCUT2D eigenvalue weighted by Gasteiger charge is -2.29. The molecule has 0 spiro atoms. The topological polar surface area (TPSA) is 101 Å². The summed E-state index contributed by atoms with van der Waals surface area (Å²) < 4.78 is 5.23. The van der Waals surface area contributed by atoms with Gasteiger partial charge < -0.3 is 14.9 Å². The number of carboxylic acid groups (broad SMARTS) is 1. The van der Waals surface area contributed by atoms with Crippen molar-refractivity contribution in [3.8, 4) is 11.4 Å². The standard InChI is InChI=1S/C13H14N4O3/c18-12(19)13(3-6-14-7-4-13)11-16-10(17-20-11)9-2-1-5-15-8-9/h1-2,5,8,14H,3-4,6-7H2,(H,18,19). The molecule has 0 aromatic carbocycles. The fourth-order valence-corrected chi connectivity index (χ4v) is 2.40. The molecule has 1 fully saturated rings. The van der Waals surface area contributed by atoms with E-state index in [-0.39, 0.29) is 5.89 Å². The molecular weight excluding hydrogens is 260 g/mol. The van der Waals surface area contributed by atoms with Crippen molar-refractivity contribution >= 4 is 5.97 Å². The Balaban J connectivity index is 1.98. The first kappa shape index (κ1) is 12.7. The molecular formula is C13H14N4O3. The van der Waals surface area contributed by atoms with Crippen molar-refractivity contribution < 1.29 is 14.4 Å². The molecule has 7 nitrogen and oxygen atoms in total. The van der Waals surface area contributed by atoms with Gasteiger partial charge in [0.1, 0.15) is 5.41 Å². The Hall–Kier alpha value is -2.28. The molecule has 0 unspecified atom stereocenters. The van der Waals surface area contributed by atoms with Crippen LogP contribution < -0.4 is 5.32 Å². The minimum absolute atomic E-state index is 0.172. The van der Waals surface area contributed by atoms with Crippen LogP contribution in [-0.4, -0.2) is 39.3 Å². The van der Waals surface area contributed by atoms with Gasteiger partial charge in [0.25, 0.3) is 0 Å². The molecule has 2 aromatic rings. The fourth-order valence-electron chi connectivity index (χ4n) is 2.40. The maximum absolute atomic E-state index is 11.7. The largest absolute Gasteiger partial charge is 0.480 e. The number of piperidine rings is 1. The molecule has 0 saturated carbocycles. The molecule has 20 heavy (non-hydrogen) atoms. The minimum atomic E-state index is -1.08. The van der Waals surface area contributed by atoms with Crippen molar-refractivity contribution in [1.82, 2.24) is 20.4 Å². The van der Waals surface area contributed by atoms with E-state index in [1.807, 2.05) is 0 Å². The summed E-state index contributed by atoms with van der Waals surface area (Å²) in [5, 5.41) is 16.6. The Morgan fingerprint density at radius 1 is 1.40 bits per heavy atom. The molecule has 1 aliphatic rings. The second-order valence-corrected chi connectivity index (χ2v) is 4.80. The molecule has 0 bridgehead atoms. The number of hydrogen-bond acceptors (Lipinski definition) is 6. The summed E-state index contributed by atoms with van der Waals surface area (Å²) in [7, 11) is 0. The smallest absolute Gasteiger partial charge is 0.319 e. The highest BCUT2D eigenvalue weighted by Gasteiger charge is 2.46. The number of carbonyl (C=O) groups is 1. The summed E-state index contributed by atoms with van der Waals surface area (Å²) in [4.78, 5) is 19.9. The minimum Gasteiger partial charge on any atom is -0.480 e. The van der Waals surface area contributed by atoms with Crippen LogP contribution >= 0.6 is 0 Å². The number of aromatic nitrogens is 3. The monoisotopic (exact) mass is 274 g/mol. The molecule has 1 saturated heterocycles. The average molecular weight is 274 g/mol. The summed E-state index contributed by atoms with van der Waals surface area (Å²) in [5.41, 5.74) is -0.379. The highest BCUT2D eigenvalue weighted by molar-refractivity contribution is 5.80.